The first kappa shape index (κ1) is 15.2. The zero-order valence-corrected chi connectivity index (χ0v) is 14.8. The van der Waals surface area contributed by atoms with Crippen LogP contribution in [0.4, 0.5) is 0 Å². The molecule has 1 aromatic heterocycles. The summed E-state index contributed by atoms with van der Waals surface area (Å²) < 4.78 is 28.8. The predicted molar refractivity (Wildman–Crippen MR) is 84.9 cm³/mol. The molecular weight excluding hydrogens is 414 g/mol. The molecule has 0 radical (unpaired) electrons. The minimum atomic E-state index is -3.48. The second kappa shape index (κ2) is 6.05. The van der Waals surface area contributed by atoms with E-state index in [1.165, 1.54) is 11.3 Å². The minimum absolute atomic E-state index is 0.279. The van der Waals surface area contributed by atoms with E-state index in [-0.39, 0.29) is 11.4 Å². The molecule has 0 saturated carbocycles. The Kier molecular flexibility index (Phi) is 4.84. The summed E-state index contributed by atoms with van der Waals surface area (Å²) in [5, 5.41) is 1.91. The van der Waals surface area contributed by atoms with Crippen molar-refractivity contribution in [3.05, 3.63) is 49.0 Å². The number of halogens is 2. The van der Waals surface area contributed by atoms with Crippen LogP contribution in [0, 0.1) is 6.92 Å². The number of hydrogen-bond donors (Lipinski definition) is 1. The van der Waals surface area contributed by atoms with Crippen LogP contribution < -0.4 is 4.72 Å². The Morgan fingerprint density at radius 2 is 1.95 bits per heavy atom. The fourth-order valence-electron chi connectivity index (χ4n) is 1.48. The molecule has 2 aromatic rings. The van der Waals surface area contributed by atoms with E-state index in [9.17, 15) is 8.42 Å². The summed E-state index contributed by atoms with van der Waals surface area (Å²) >= 11 is 8.25. The third kappa shape index (κ3) is 3.66. The van der Waals surface area contributed by atoms with Gasteiger partial charge in [-0.15, -0.1) is 11.3 Å². The topological polar surface area (TPSA) is 46.2 Å². The Hall–Kier alpha value is -0.210. The van der Waals surface area contributed by atoms with Gasteiger partial charge in [0.15, 0.2) is 0 Å². The van der Waals surface area contributed by atoms with Gasteiger partial charge in [-0.3, -0.25) is 0 Å². The zero-order valence-electron chi connectivity index (χ0n) is 9.98. The van der Waals surface area contributed by atoms with Crippen LogP contribution in [-0.4, -0.2) is 8.42 Å². The Morgan fingerprint density at radius 3 is 2.53 bits per heavy atom. The quantitative estimate of drug-likeness (QED) is 0.804. The SMILES string of the molecule is Cc1cc(S(=O)(=O)NCc2sccc2Br)ccc1Br. The summed E-state index contributed by atoms with van der Waals surface area (Å²) in [7, 11) is -3.48. The van der Waals surface area contributed by atoms with Gasteiger partial charge in [-0.2, -0.15) is 0 Å². The van der Waals surface area contributed by atoms with Gasteiger partial charge in [0.05, 0.1) is 4.90 Å². The van der Waals surface area contributed by atoms with Crippen molar-refractivity contribution in [2.24, 2.45) is 0 Å². The highest BCUT2D eigenvalue weighted by molar-refractivity contribution is 9.10. The van der Waals surface area contributed by atoms with Crippen molar-refractivity contribution in [3.8, 4) is 0 Å². The van der Waals surface area contributed by atoms with Crippen molar-refractivity contribution in [2.45, 2.75) is 18.4 Å². The average Bonchev–Trinajstić information content (AvgIpc) is 2.76. The van der Waals surface area contributed by atoms with E-state index in [2.05, 4.69) is 36.6 Å². The molecule has 3 nitrogen and oxygen atoms in total. The maximum absolute atomic E-state index is 12.2. The number of hydrogen-bond acceptors (Lipinski definition) is 3. The maximum atomic E-state index is 12.2. The van der Waals surface area contributed by atoms with Crippen LogP contribution >= 0.6 is 43.2 Å². The van der Waals surface area contributed by atoms with Crippen molar-refractivity contribution in [2.75, 3.05) is 0 Å². The number of aryl methyl sites for hydroxylation is 1. The molecule has 19 heavy (non-hydrogen) atoms. The Labute approximate surface area is 133 Å². The Bertz CT molecular complexity index is 696. The summed E-state index contributed by atoms with van der Waals surface area (Å²) in [6, 6.07) is 6.88. The molecule has 0 aliphatic heterocycles. The lowest BCUT2D eigenvalue weighted by Crippen LogP contribution is -2.23. The van der Waals surface area contributed by atoms with Crippen molar-refractivity contribution in [1.29, 1.82) is 0 Å². The molecule has 1 N–H and O–H groups in total. The largest absolute Gasteiger partial charge is 0.240 e. The Morgan fingerprint density at radius 1 is 1.21 bits per heavy atom. The van der Waals surface area contributed by atoms with Gasteiger partial charge in [0.25, 0.3) is 0 Å². The van der Waals surface area contributed by atoms with Crippen LogP contribution in [0.1, 0.15) is 10.4 Å². The van der Waals surface area contributed by atoms with Gasteiger partial charge < -0.3 is 0 Å². The lowest BCUT2D eigenvalue weighted by atomic mass is 10.2. The number of nitrogens with one attached hydrogen (secondary N) is 1. The molecule has 0 fully saturated rings. The van der Waals surface area contributed by atoms with Crippen LogP contribution in [0.3, 0.4) is 0 Å². The molecule has 1 aromatic carbocycles. The molecule has 0 atom stereocenters. The molecule has 0 unspecified atom stereocenters. The highest BCUT2D eigenvalue weighted by Gasteiger charge is 2.15. The molecule has 0 spiro atoms. The summed E-state index contributed by atoms with van der Waals surface area (Å²) in [4.78, 5) is 1.23. The summed E-state index contributed by atoms with van der Waals surface area (Å²) in [5.41, 5.74) is 0.889. The van der Waals surface area contributed by atoms with Crippen LogP contribution in [0.2, 0.25) is 0 Å². The number of benzene rings is 1. The van der Waals surface area contributed by atoms with Crippen molar-refractivity contribution >= 4 is 53.2 Å². The molecule has 0 amide bonds. The van der Waals surface area contributed by atoms with E-state index in [0.29, 0.717) is 0 Å². The van der Waals surface area contributed by atoms with Gasteiger partial charge in [-0.25, -0.2) is 13.1 Å². The standard InChI is InChI=1S/C12H11Br2NO2S2/c1-8-6-9(2-3-10(8)13)19(16,17)15-7-12-11(14)4-5-18-12/h2-6,15H,7H2,1H3. The summed E-state index contributed by atoms with van der Waals surface area (Å²) in [5.74, 6) is 0. The molecule has 0 aliphatic carbocycles. The van der Waals surface area contributed by atoms with E-state index >= 15 is 0 Å². The molecule has 0 bridgehead atoms. The van der Waals surface area contributed by atoms with E-state index < -0.39 is 10.0 Å². The van der Waals surface area contributed by atoms with Crippen molar-refractivity contribution in [3.63, 3.8) is 0 Å². The maximum Gasteiger partial charge on any atom is 0.240 e. The van der Waals surface area contributed by atoms with Crippen LogP contribution in [0.15, 0.2) is 43.5 Å². The average molecular weight is 425 g/mol. The fourth-order valence-corrected chi connectivity index (χ4v) is 4.33. The molecule has 1 heterocycles. The van der Waals surface area contributed by atoms with Crippen LogP contribution in [0.5, 0.6) is 0 Å². The second-order valence-electron chi connectivity index (χ2n) is 3.93. The lowest BCUT2D eigenvalue weighted by Gasteiger charge is -2.07. The van der Waals surface area contributed by atoms with E-state index in [1.54, 1.807) is 18.2 Å². The minimum Gasteiger partial charge on any atom is -0.207 e. The van der Waals surface area contributed by atoms with E-state index in [4.69, 9.17) is 0 Å². The molecule has 2 rings (SSSR count). The fraction of sp³-hybridized carbons (Fsp3) is 0.167. The second-order valence-corrected chi connectivity index (χ2v) is 8.40. The van der Waals surface area contributed by atoms with Crippen molar-refractivity contribution in [1.82, 2.24) is 4.72 Å². The predicted octanol–water partition coefficient (Wildman–Crippen LogP) is 4.06. The zero-order chi connectivity index (χ0) is 14.0. The molecule has 102 valence electrons. The number of thiophene rings is 1. The van der Waals surface area contributed by atoms with Crippen LogP contribution in [-0.2, 0) is 16.6 Å². The van der Waals surface area contributed by atoms with Crippen LogP contribution in [0.25, 0.3) is 0 Å². The van der Waals surface area contributed by atoms with E-state index in [1.807, 2.05) is 18.4 Å². The lowest BCUT2D eigenvalue weighted by molar-refractivity contribution is 0.581. The smallest absolute Gasteiger partial charge is 0.207 e. The van der Waals surface area contributed by atoms with Crippen molar-refractivity contribution < 1.29 is 8.42 Å². The molecule has 0 saturated heterocycles. The number of rotatable bonds is 4. The van der Waals surface area contributed by atoms with E-state index in [0.717, 1.165) is 19.4 Å². The molecular formula is C12H11Br2NO2S2. The number of sulfonamides is 1. The first-order chi connectivity index (χ1) is 8.90. The Balaban J connectivity index is 2.18. The highest BCUT2D eigenvalue weighted by atomic mass is 79.9. The van der Waals surface area contributed by atoms with Gasteiger partial charge in [0.2, 0.25) is 10.0 Å². The van der Waals surface area contributed by atoms with Gasteiger partial charge in [-0.1, -0.05) is 15.9 Å². The molecule has 0 aliphatic rings. The van der Waals surface area contributed by atoms with Gasteiger partial charge in [0, 0.05) is 20.4 Å². The highest BCUT2D eigenvalue weighted by Crippen LogP contribution is 2.24. The van der Waals surface area contributed by atoms with Gasteiger partial charge in [0.1, 0.15) is 0 Å². The first-order valence-corrected chi connectivity index (χ1v) is 9.33. The first-order valence-electron chi connectivity index (χ1n) is 5.38. The summed E-state index contributed by atoms with van der Waals surface area (Å²) in [6.45, 7) is 2.15. The summed E-state index contributed by atoms with van der Waals surface area (Å²) in [6.07, 6.45) is 0. The third-order valence-corrected chi connectivity index (χ3v) is 6.77. The third-order valence-electron chi connectivity index (χ3n) is 2.55. The normalized spacial score (nSPS) is 11.7. The molecule has 7 heteroatoms. The van der Waals surface area contributed by atoms with Gasteiger partial charge in [-0.05, 0) is 58.1 Å². The monoisotopic (exact) mass is 423 g/mol. The van der Waals surface area contributed by atoms with Gasteiger partial charge >= 0.3 is 0 Å².